The Kier molecular flexibility index (Phi) is 3.54. The summed E-state index contributed by atoms with van der Waals surface area (Å²) in [4.78, 5) is 0. The lowest BCUT2D eigenvalue weighted by molar-refractivity contribution is -0.0865. The summed E-state index contributed by atoms with van der Waals surface area (Å²) in [6.07, 6.45) is 4.66. The molecule has 2 nitrogen and oxygen atoms in total. The molecule has 2 aliphatic rings. The lowest BCUT2D eigenvalue weighted by Crippen LogP contribution is -2.53. The molecule has 1 aromatic rings. The van der Waals surface area contributed by atoms with Gasteiger partial charge in [0.25, 0.3) is 0 Å². The van der Waals surface area contributed by atoms with Crippen molar-refractivity contribution in [3.05, 3.63) is 34.6 Å². The van der Waals surface area contributed by atoms with Crippen molar-refractivity contribution in [1.29, 1.82) is 0 Å². The lowest BCUT2D eigenvalue weighted by Gasteiger charge is -2.48. The molecule has 3 rings (SSSR count). The monoisotopic (exact) mass is 283 g/mol. The zero-order valence-corrected chi connectivity index (χ0v) is 11.6. The smallest absolute Gasteiger partial charge is 0.129 e. The summed E-state index contributed by atoms with van der Waals surface area (Å²) in [5.41, 5.74) is -0.131. The van der Waals surface area contributed by atoms with Crippen LogP contribution in [-0.2, 0) is 0 Å². The highest BCUT2D eigenvalue weighted by atomic mass is 35.5. The van der Waals surface area contributed by atoms with Crippen LogP contribution in [0.1, 0.15) is 43.7 Å². The second-order valence-electron chi connectivity index (χ2n) is 5.77. The van der Waals surface area contributed by atoms with Crippen LogP contribution in [0.4, 0.5) is 4.39 Å². The second kappa shape index (κ2) is 5.04. The van der Waals surface area contributed by atoms with Gasteiger partial charge in [0, 0.05) is 22.5 Å². The highest BCUT2D eigenvalue weighted by Crippen LogP contribution is 2.47. The molecule has 0 spiro atoms. The van der Waals surface area contributed by atoms with Gasteiger partial charge in [-0.05, 0) is 37.9 Å². The van der Waals surface area contributed by atoms with Crippen LogP contribution in [0.25, 0.3) is 0 Å². The van der Waals surface area contributed by atoms with Crippen LogP contribution in [0.15, 0.2) is 18.2 Å². The highest BCUT2D eigenvalue weighted by molar-refractivity contribution is 6.31. The van der Waals surface area contributed by atoms with Gasteiger partial charge in [-0.1, -0.05) is 30.5 Å². The molecule has 1 heterocycles. The van der Waals surface area contributed by atoms with E-state index in [2.05, 4.69) is 5.32 Å². The minimum atomic E-state index is -0.653. The average molecular weight is 284 g/mol. The molecule has 0 bridgehead atoms. The maximum Gasteiger partial charge on any atom is 0.129 e. The van der Waals surface area contributed by atoms with Gasteiger partial charge in [0.15, 0.2) is 0 Å². The molecule has 0 amide bonds. The van der Waals surface area contributed by atoms with Crippen LogP contribution in [0.3, 0.4) is 0 Å². The fraction of sp³-hybridized carbons (Fsp3) is 0.600. The van der Waals surface area contributed by atoms with Crippen LogP contribution >= 0.6 is 11.6 Å². The van der Waals surface area contributed by atoms with E-state index in [1.165, 1.54) is 6.07 Å². The molecule has 1 aliphatic carbocycles. The molecule has 104 valence electrons. The molecule has 0 unspecified atom stereocenters. The van der Waals surface area contributed by atoms with Crippen molar-refractivity contribution in [3.63, 3.8) is 0 Å². The molecule has 2 fully saturated rings. The molecular formula is C15H19ClFNO. The van der Waals surface area contributed by atoms with Gasteiger partial charge in [-0.25, -0.2) is 4.39 Å². The standard InChI is InChI=1S/C15H19ClFNO/c16-11-5-3-6-12(17)13(11)14-10-4-1-2-7-15(10,19)8-9-18-14/h3,5-6,10,14,18-19H,1-2,4,7-9H2/t10-,14-,15+/m1/s1. The van der Waals surface area contributed by atoms with Crippen LogP contribution in [-0.4, -0.2) is 17.3 Å². The number of hydrogen-bond donors (Lipinski definition) is 2. The van der Waals surface area contributed by atoms with Crippen molar-refractivity contribution in [1.82, 2.24) is 5.32 Å². The van der Waals surface area contributed by atoms with E-state index in [1.807, 2.05) is 0 Å². The van der Waals surface area contributed by atoms with Crippen molar-refractivity contribution >= 4 is 11.6 Å². The average Bonchev–Trinajstić information content (AvgIpc) is 2.38. The number of rotatable bonds is 1. The van der Waals surface area contributed by atoms with Gasteiger partial charge in [0.2, 0.25) is 0 Å². The Balaban J connectivity index is 1.99. The van der Waals surface area contributed by atoms with Crippen molar-refractivity contribution in [2.45, 2.75) is 43.7 Å². The van der Waals surface area contributed by atoms with Gasteiger partial charge in [-0.15, -0.1) is 0 Å². The lowest BCUT2D eigenvalue weighted by atomic mass is 9.67. The zero-order valence-electron chi connectivity index (χ0n) is 10.8. The predicted molar refractivity (Wildman–Crippen MR) is 73.7 cm³/mol. The topological polar surface area (TPSA) is 32.3 Å². The number of piperidine rings is 1. The summed E-state index contributed by atoms with van der Waals surface area (Å²) in [6.45, 7) is 0.711. The summed E-state index contributed by atoms with van der Waals surface area (Å²) >= 11 is 6.18. The van der Waals surface area contributed by atoms with Gasteiger partial charge in [0.1, 0.15) is 5.82 Å². The van der Waals surface area contributed by atoms with Gasteiger partial charge < -0.3 is 10.4 Å². The van der Waals surface area contributed by atoms with Crippen LogP contribution in [0.2, 0.25) is 5.02 Å². The maximum atomic E-state index is 14.1. The first kappa shape index (κ1) is 13.3. The van der Waals surface area contributed by atoms with Crippen molar-refractivity contribution in [3.8, 4) is 0 Å². The Morgan fingerprint density at radius 1 is 1.32 bits per heavy atom. The quantitative estimate of drug-likeness (QED) is 0.827. The van der Waals surface area contributed by atoms with Gasteiger partial charge in [-0.2, -0.15) is 0 Å². The van der Waals surface area contributed by atoms with E-state index in [0.717, 1.165) is 32.1 Å². The number of halogens is 2. The van der Waals surface area contributed by atoms with Gasteiger partial charge in [0.05, 0.1) is 5.60 Å². The third-order valence-electron chi connectivity index (χ3n) is 4.70. The van der Waals surface area contributed by atoms with Crippen molar-refractivity contribution in [2.75, 3.05) is 6.54 Å². The van der Waals surface area contributed by atoms with E-state index < -0.39 is 5.60 Å². The molecule has 2 N–H and O–H groups in total. The first-order valence-corrected chi connectivity index (χ1v) is 7.39. The maximum absolute atomic E-state index is 14.1. The molecular weight excluding hydrogens is 265 g/mol. The fourth-order valence-corrected chi connectivity index (χ4v) is 4.01. The normalized spacial score (nSPS) is 34.9. The number of fused-ring (bicyclic) bond motifs is 1. The highest BCUT2D eigenvalue weighted by Gasteiger charge is 2.46. The van der Waals surface area contributed by atoms with E-state index in [1.54, 1.807) is 12.1 Å². The first-order chi connectivity index (χ1) is 9.12. The molecule has 0 radical (unpaired) electrons. The Morgan fingerprint density at radius 2 is 2.16 bits per heavy atom. The van der Waals surface area contributed by atoms with Gasteiger partial charge >= 0.3 is 0 Å². The SMILES string of the molecule is O[C@]12CCCC[C@@H]1[C@H](c1c(F)cccc1Cl)NCC2. The second-order valence-corrected chi connectivity index (χ2v) is 6.18. The van der Waals surface area contributed by atoms with Crippen LogP contribution in [0.5, 0.6) is 0 Å². The van der Waals surface area contributed by atoms with E-state index in [-0.39, 0.29) is 17.8 Å². The van der Waals surface area contributed by atoms with Crippen LogP contribution < -0.4 is 5.32 Å². The van der Waals surface area contributed by atoms with E-state index in [0.29, 0.717) is 17.1 Å². The summed E-state index contributed by atoms with van der Waals surface area (Å²) in [6, 6.07) is 4.61. The molecule has 0 aromatic heterocycles. The van der Waals surface area contributed by atoms with Crippen LogP contribution in [0, 0.1) is 11.7 Å². The van der Waals surface area contributed by atoms with Crippen molar-refractivity contribution in [2.24, 2.45) is 5.92 Å². The van der Waals surface area contributed by atoms with E-state index in [9.17, 15) is 9.50 Å². The molecule has 1 saturated carbocycles. The summed E-state index contributed by atoms with van der Waals surface area (Å²) in [7, 11) is 0. The minimum Gasteiger partial charge on any atom is -0.389 e. The number of nitrogens with one attached hydrogen (secondary N) is 1. The number of benzene rings is 1. The molecule has 1 aromatic carbocycles. The first-order valence-electron chi connectivity index (χ1n) is 7.01. The summed E-state index contributed by atoms with van der Waals surface area (Å²) in [5.74, 6) is -0.218. The molecule has 4 heteroatoms. The Labute approximate surface area is 118 Å². The predicted octanol–water partition coefficient (Wildman–Crippen LogP) is 3.43. The Hall–Kier alpha value is -0.640. The largest absolute Gasteiger partial charge is 0.389 e. The fourth-order valence-electron chi connectivity index (χ4n) is 3.73. The third kappa shape index (κ3) is 2.28. The van der Waals surface area contributed by atoms with E-state index in [4.69, 9.17) is 11.6 Å². The summed E-state index contributed by atoms with van der Waals surface area (Å²) < 4.78 is 14.1. The summed E-state index contributed by atoms with van der Waals surface area (Å²) in [5, 5.41) is 14.6. The number of hydrogen-bond acceptors (Lipinski definition) is 2. The van der Waals surface area contributed by atoms with E-state index >= 15 is 0 Å². The zero-order chi connectivity index (χ0) is 13.5. The molecule has 1 aliphatic heterocycles. The third-order valence-corrected chi connectivity index (χ3v) is 5.03. The number of aliphatic hydroxyl groups is 1. The Morgan fingerprint density at radius 3 is 2.95 bits per heavy atom. The van der Waals surface area contributed by atoms with Gasteiger partial charge in [-0.3, -0.25) is 0 Å². The molecule has 1 saturated heterocycles. The molecule has 19 heavy (non-hydrogen) atoms. The molecule has 3 atom stereocenters. The minimum absolute atomic E-state index is 0.0596. The Bertz CT molecular complexity index is 457. The van der Waals surface area contributed by atoms with Crippen molar-refractivity contribution < 1.29 is 9.50 Å².